The van der Waals surface area contributed by atoms with E-state index in [-0.39, 0.29) is 11.0 Å². The first-order valence-corrected chi connectivity index (χ1v) is 9.04. The molecule has 0 bridgehead atoms. The van der Waals surface area contributed by atoms with Gasteiger partial charge in [-0.2, -0.15) is 0 Å². The zero-order valence-electron chi connectivity index (χ0n) is 15.4. The molecule has 8 heteroatoms. The van der Waals surface area contributed by atoms with E-state index in [1.165, 1.54) is 7.11 Å². The third-order valence-corrected chi connectivity index (χ3v) is 4.28. The van der Waals surface area contributed by atoms with E-state index in [0.717, 1.165) is 16.7 Å². The quantitative estimate of drug-likeness (QED) is 0.382. The van der Waals surface area contributed by atoms with Crippen LogP contribution in [0.2, 0.25) is 0 Å². The van der Waals surface area contributed by atoms with Gasteiger partial charge in [-0.1, -0.05) is 18.7 Å². The predicted octanol–water partition coefficient (Wildman–Crippen LogP) is 3.25. The fraction of sp³-hybridized carbons (Fsp3) is 0.316. The van der Waals surface area contributed by atoms with E-state index in [4.69, 9.17) is 14.2 Å². The van der Waals surface area contributed by atoms with Gasteiger partial charge in [0.2, 0.25) is 0 Å². The van der Waals surface area contributed by atoms with Crippen LogP contribution in [0.1, 0.15) is 19.4 Å². The maximum Gasteiger partial charge on any atom is 0.326 e. The van der Waals surface area contributed by atoms with Gasteiger partial charge in [-0.15, -0.1) is 0 Å². The highest BCUT2D eigenvalue weighted by Gasteiger charge is 2.36. The Kier molecular flexibility index (Phi) is 7.06. The van der Waals surface area contributed by atoms with Crippen LogP contribution in [-0.2, 0) is 14.3 Å². The van der Waals surface area contributed by atoms with E-state index in [0.29, 0.717) is 23.7 Å². The summed E-state index contributed by atoms with van der Waals surface area (Å²) in [6.45, 7) is 6.91. The minimum Gasteiger partial charge on any atom is -0.493 e. The number of imide groups is 1. The van der Waals surface area contributed by atoms with Gasteiger partial charge in [-0.05, 0) is 49.4 Å². The highest BCUT2D eigenvalue weighted by Crippen LogP contribution is 2.34. The van der Waals surface area contributed by atoms with E-state index in [1.54, 1.807) is 44.2 Å². The number of amides is 2. The summed E-state index contributed by atoms with van der Waals surface area (Å²) in [4.78, 5) is 37.3. The van der Waals surface area contributed by atoms with Crippen LogP contribution in [0.5, 0.6) is 11.5 Å². The van der Waals surface area contributed by atoms with Crippen molar-refractivity contribution >= 4 is 35.0 Å². The number of carbonyl (C=O) groups excluding carboxylic acids is 3. The molecule has 1 aliphatic heterocycles. The first-order chi connectivity index (χ1) is 12.8. The lowest BCUT2D eigenvalue weighted by Gasteiger charge is -2.13. The van der Waals surface area contributed by atoms with E-state index in [2.05, 4.69) is 6.58 Å². The lowest BCUT2D eigenvalue weighted by molar-refractivity contribution is -0.149. The summed E-state index contributed by atoms with van der Waals surface area (Å²) in [5.74, 6) is -0.125. The van der Waals surface area contributed by atoms with Crippen molar-refractivity contribution < 1.29 is 28.6 Å². The number of hydrogen-bond acceptors (Lipinski definition) is 7. The van der Waals surface area contributed by atoms with Crippen LogP contribution in [0.3, 0.4) is 0 Å². The number of benzene rings is 1. The van der Waals surface area contributed by atoms with Gasteiger partial charge in [0, 0.05) is 0 Å². The fourth-order valence-corrected chi connectivity index (χ4v) is 3.10. The van der Waals surface area contributed by atoms with Gasteiger partial charge < -0.3 is 14.2 Å². The summed E-state index contributed by atoms with van der Waals surface area (Å²) < 4.78 is 15.8. The van der Waals surface area contributed by atoms with Gasteiger partial charge in [0.05, 0.1) is 18.1 Å². The van der Waals surface area contributed by atoms with E-state index >= 15 is 0 Å². The molecule has 144 valence electrons. The molecule has 0 radical (unpaired) electrons. The number of ether oxygens (including phenoxy) is 3. The first-order valence-electron chi connectivity index (χ1n) is 8.22. The van der Waals surface area contributed by atoms with Crippen molar-refractivity contribution in [3.05, 3.63) is 41.3 Å². The van der Waals surface area contributed by atoms with Crippen LogP contribution >= 0.6 is 11.8 Å². The smallest absolute Gasteiger partial charge is 0.326 e. The normalized spacial score (nSPS) is 15.4. The summed E-state index contributed by atoms with van der Waals surface area (Å²) in [6, 6.07) is 5.14. The zero-order valence-corrected chi connectivity index (χ0v) is 16.2. The van der Waals surface area contributed by atoms with Gasteiger partial charge in [0.1, 0.15) is 13.2 Å². The zero-order chi connectivity index (χ0) is 20.0. The highest BCUT2D eigenvalue weighted by atomic mass is 32.2. The molecule has 1 aromatic rings. The van der Waals surface area contributed by atoms with Crippen LogP contribution < -0.4 is 9.47 Å². The molecule has 27 heavy (non-hydrogen) atoms. The second kappa shape index (κ2) is 9.27. The molecule has 2 rings (SSSR count). The molecule has 1 heterocycles. The largest absolute Gasteiger partial charge is 0.493 e. The maximum atomic E-state index is 12.4. The first kappa shape index (κ1) is 20.6. The number of methoxy groups -OCH3 is 1. The second-order valence-corrected chi connectivity index (χ2v) is 6.81. The molecular formula is C19H21NO6S. The highest BCUT2D eigenvalue weighted by molar-refractivity contribution is 8.18. The maximum absolute atomic E-state index is 12.4. The monoisotopic (exact) mass is 391 g/mol. The van der Waals surface area contributed by atoms with Crippen LogP contribution in [0.4, 0.5) is 4.79 Å². The number of rotatable bonds is 8. The van der Waals surface area contributed by atoms with Gasteiger partial charge in [-0.3, -0.25) is 19.3 Å². The van der Waals surface area contributed by atoms with Crippen molar-refractivity contribution in [2.24, 2.45) is 0 Å². The van der Waals surface area contributed by atoms with E-state index in [1.807, 2.05) is 0 Å². The van der Waals surface area contributed by atoms with Gasteiger partial charge >= 0.3 is 5.97 Å². The molecule has 0 N–H and O–H groups in total. The minimum atomic E-state index is -0.626. The Morgan fingerprint density at radius 1 is 1.30 bits per heavy atom. The summed E-state index contributed by atoms with van der Waals surface area (Å²) in [7, 11) is 1.51. The van der Waals surface area contributed by atoms with E-state index in [9.17, 15) is 14.4 Å². The summed E-state index contributed by atoms with van der Waals surface area (Å²) in [5.41, 5.74) is 0.660. The Labute approximate surface area is 161 Å². The number of hydrogen-bond donors (Lipinski definition) is 0. The third kappa shape index (κ3) is 5.37. The number of nitrogens with zero attached hydrogens (tertiary/aromatic N) is 1. The average molecular weight is 391 g/mol. The van der Waals surface area contributed by atoms with E-state index < -0.39 is 23.7 Å². The van der Waals surface area contributed by atoms with Gasteiger partial charge in [0.25, 0.3) is 11.1 Å². The molecular weight excluding hydrogens is 370 g/mol. The van der Waals surface area contributed by atoms with Crippen molar-refractivity contribution in [3.8, 4) is 11.5 Å². The predicted molar refractivity (Wildman–Crippen MR) is 103 cm³/mol. The summed E-state index contributed by atoms with van der Waals surface area (Å²) >= 11 is 0.774. The van der Waals surface area contributed by atoms with Crippen molar-refractivity contribution in [2.75, 3.05) is 20.3 Å². The number of thioether (sulfide) groups is 1. The van der Waals surface area contributed by atoms with Gasteiger partial charge in [0.15, 0.2) is 11.5 Å². The fourth-order valence-electron chi connectivity index (χ4n) is 2.26. The van der Waals surface area contributed by atoms with Crippen molar-refractivity contribution in [1.82, 2.24) is 4.90 Å². The second-order valence-electron chi connectivity index (χ2n) is 5.82. The standard InChI is InChI=1S/C19H21NO6S/c1-5-8-25-14-7-6-13(9-15(14)24-4)10-16-18(22)20(19(23)27-16)11-17(21)26-12(2)3/h5-7,9-10,12H,1,8,11H2,2-4H3/b16-10-. The van der Waals surface area contributed by atoms with Crippen molar-refractivity contribution in [2.45, 2.75) is 20.0 Å². The lowest BCUT2D eigenvalue weighted by Crippen LogP contribution is -2.35. The Hall–Kier alpha value is -2.74. The molecule has 1 saturated heterocycles. The summed E-state index contributed by atoms with van der Waals surface area (Å²) in [5, 5.41) is -0.509. The topological polar surface area (TPSA) is 82.1 Å². The molecule has 1 fully saturated rings. The summed E-state index contributed by atoms with van der Waals surface area (Å²) in [6.07, 6.45) is 2.87. The van der Waals surface area contributed by atoms with Crippen molar-refractivity contribution in [1.29, 1.82) is 0 Å². The molecule has 0 aromatic heterocycles. The lowest BCUT2D eigenvalue weighted by atomic mass is 10.2. The molecule has 0 aliphatic carbocycles. The molecule has 1 aliphatic rings. The molecule has 2 amide bonds. The molecule has 1 aromatic carbocycles. The minimum absolute atomic E-state index is 0.221. The van der Waals surface area contributed by atoms with Crippen LogP contribution in [0, 0.1) is 0 Å². The Morgan fingerprint density at radius 3 is 2.67 bits per heavy atom. The number of carbonyl (C=O) groups is 3. The average Bonchev–Trinajstić information content (AvgIpc) is 2.87. The third-order valence-electron chi connectivity index (χ3n) is 3.37. The van der Waals surface area contributed by atoms with Crippen molar-refractivity contribution in [3.63, 3.8) is 0 Å². The Morgan fingerprint density at radius 2 is 2.04 bits per heavy atom. The molecule has 0 spiro atoms. The van der Waals surface area contributed by atoms with Crippen LogP contribution in [-0.4, -0.2) is 48.4 Å². The Bertz CT molecular complexity index is 786. The SMILES string of the molecule is C=CCOc1ccc(/C=C2\SC(=O)N(CC(=O)OC(C)C)C2=O)cc1OC. The molecule has 0 atom stereocenters. The molecule has 0 saturated carbocycles. The van der Waals surface area contributed by atoms with Crippen LogP contribution in [0.15, 0.2) is 35.8 Å². The number of esters is 1. The molecule has 7 nitrogen and oxygen atoms in total. The Balaban J connectivity index is 2.17. The van der Waals surface area contributed by atoms with Crippen LogP contribution in [0.25, 0.3) is 6.08 Å². The van der Waals surface area contributed by atoms with Gasteiger partial charge in [-0.25, -0.2) is 0 Å². The molecule has 0 unspecified atom stereocenters.